The number of carboxylic acids is 1. The second kappa shape index (κ2) is 4.52. The molecule has 7 heteroatoms. The van der Waals surface area contributed by atoms with Gasteiger partial charge in [0.2, 0.25) is 0 Å². The number of nitrogens with zero attached hydrogens (tertiary/aromatic N) is 3. The number of hydrogen-bond acceptors (Lipinski definition) is 4. The molecule has 7 nitrogen and oxygen atoms in total. The Morgan fingerprint density at radius 3 is 2.63 bits per heavy atom. The largest absolute Gasteiger partial charge is 0.478 e. The van der Waals surface area contributed by atoms with Crippen LogP contribution in [0.5, 0.6) is 0 Å². The van der Waals surface area contributed by atoms with E-state index in [0.717, 1.165) is 5.56 Å². The van der Waals surface area contributed by atoms with Crippen molar-refractivity contribution in [3.8, 4) is 5.69 Å². The van der Waals surface area contributed by atoms with Gasteiger partial charge in [0.05, 0.1) is 16.3 Å². The van der Waals surface area contributed by atoms with Gasteiger partial charge in [-0.2, -0.15) is 5.10 Å². The van der Waals surface area contributed by atoms with Crippen LogP contribution in [0.2, 0.25) is 0 Å². The molecule has 1 N–H and O–H groups in total. The van der Waals surface area contributed by atoms with Gasteiger partial charge in [-0.15, -0.1) is 0 Å². The number of rotatable bonds is 3. The first-order valence-corrected chi connectivity index (χ1v) is 5.45. The van der Waals surface area contributed by atoms with Crippen LogP contribution in [0.25, 0.3) is 5.69 Å². The van der Waals surface area contributed by atoms with Crippen LogP contribution in [0.3, 0.4) is 0 Å². The molecule has 0 atom stereocenters. The van der Waals surface area contributed by atoms with Gasteiger partial charge in [-0.25, -0.2) is 9.48 Å². The number of aromatic nitrogens is 2. The van der Waals surface area contributed by atoms with E-state index in [4.69, 9.17) is 5.11 Å². The number of nitro groups is 1. The van der Waals surface area contributed by atoms with Crippen molar-refractivity contribution in [1.29, 1.82) is 0 Å². The predicted molar refractivity (Wildman–Crippen MR) is 66.7 cm³/mol. The molecule has 0 fully saturated rings. The molecule has 0 spiro atoms. The van der Waals surface area contributed by atoms with E-state index in [1.54, 1.807) is 19.9 Å². The van der Waals surface area contributed by atoms with E-state index < -0.39 is 10.9 Å². The highest BCUT2D eigenvalue weighted by atomic mass is 16.6. The number of carboxylic acid groups (broad SMARTS) is 1. The number of carbonyl (C=O) groups is 1. The van der Waals surface area contributed by atoms with Crippen LogP contribution >= 0.6 is 0 Å². The Morgan fingerprint density at radius 1 is 1.42 bits per heavy atom. The van der Waals surface area contributed by atoms with Crippen LogP contribution in [0.1, 0.15) is 21.6 Å². The average Bonchev–Trinajstić information content (AvgIpc) is 2.71. The zero-order valence-electron chi connectivity index (χ0n) is 10.3. The minimum absolute atomic E-state index is 0.0642. The lowest BCUT2D eigenvalue weighted by atomic mass is 10.2. The Morgan fingerprint density at radius 2 is 2.11 bits per heavy atom. The van der Waals surface area contributed by atoms with Crippen LogP contribution in [0, 0.1) is 24.0 Å². The standard InChI is InChI=1S/C12H11N3O4/c1-7-3-4-9(15(18)19)5-11(7)14-6-10(12(16)17)8(2)13-14/h3-6H,1-2H3,(H,16,17). The zero-order chi connectivity index (χ0) is 14.2. The first-order valence-electron chi connectivity index (χ1n) is 5.45. The van der Waals surface area contributed by atoms with Crippen molar-refractivity contribution in [3.63, 3.8) is 0 Å². The summed E-state index contributed by atoms with van der Waals surface area (Å²) in [5.41, 5.74) is 1.63. The number of aromatic carboxylic acids is 1. The molecule has 0 aliphatic rings. The average molecular weight is 261 g/mol. The Hall–Kier alpha value is -2.70. The van der Waals surface area contributed by atoms with Gasteiger partial charge in [0.15, 0.2) is 0 Å². The molecule has 1 aromatic heterocycles. The van der Waals surface area contributed by atoms with Crippen molar-refractivity contribution >= 4 is 11.7 Å². The maximum atomic E-state index is 11.0. The second-order valence-corrected chi connectivity index (χ2v) is 4.11. The Labute approximate surface area is 108 Å². The van der Waals surface area contributed by atoms with Gasteiger partial charge in [-0.05, 0) is 19.4 Å². The first kappa shape index (κ1) is 12.7. The zero-order valence-corrected chi connectivity index (χ0v) is 10.3. The van der Waals surface area contributed by atoms with Crippen LogP contribution in [-0.2, 0) is 0 Å². The Kier molecular flexibility index (Phi) is 3.04. The molecule has 0 saturated carbocycles. The molecule has 1 heterocycles. The molecule has 2 rings (SSSR count). The van der Waals surface area contributed by atoms with Gasteiger partial charge in [-0.1, -0.05) is 6.07 Å². The quantitative estimate of drug-likeness (QED) is 0.673. The van der Waals surface area contributed by atoms with Crippen LogP contribution in [0.4, 0.5) is 5.69 Å². The summed E-state index contributed by atoms with van der Waals surface area (Å²) in [7, 11) is 0. The summed E-state index contributed by atoms with van der Waals surface area (Å²) in [5.74, 6) is -1.08. The molecule has 0 bridgehead atoms. The molecule has 98 valence electrons. The summed E-state index contributed by atoms with van der Waals surface area (Å²) >= 11 is 0. The summed E-state index contributed by atoms with van der Waals surface area (Å²) < 4.78 is 1.35. The monoisotopic (exact) mass is 261 g/mol. The molecule has 0 amide bonds. The lowest BCUT2D eigenvalue weighted by Gasteiger charge is -2.05. The van der Waals surface area contributed by atoms with Crippen molar-refractivity contribution in [3.05, 3.63) is 51.3 Å². The highest BCUT2D eigenvalue weighted by molar-refractivity contribution is 5.88. The number of benzene rings is 1. The number of nitro benzene ring substituents is 1. The highest BCUT2D eigenvalue weighted by Gasteiger charge is 2.15. The van der Waals surface area contributed by atoms with Crippen LogP contribution in [0.15, 0.2) is 24.4 Å². The van der Waals surface area contributed by atoms with Crippen LogP contribution < -0.4 is 0 Å². The summed E-state index contributed by atoms with van der Waals surface area (Å²) in [6.07, 6.45) is 1.35. The van der Waals surface area contributed by atoms with Gasteiger partial charge in [0.25, 0.3) is 5.69 Å². The summed E-state index contributed by atoms with van der Waals surface area (Å²) in [6, 6.07) is 4.37. The Balaban J connectivity index is 2.58. The van der Waals surface area contributed by atoms with Crippen molar-refractivity contribution < 1.29 is 14.8 Å². The third-order valence-electron chi connectivity index (χ3n) is 2.78. The highest BCUT2D eigenvalue weighted by Crippen LogP contribution is 2.21. The lowest BCUT2D eigenvalue weighted by molar-refractivity contribution is -0.384. The molecule has 0 aliphatic heterocycles. The van der Waals surface area contributed by atoms with Crippen molar-refractivity contribution in [2.45, 2.75) is 13.8 Å². The fourth-order valence-corrected chi connectivity index (χ4v) is 1.75. The summed E-state index contributed by atoms with van der Waals surface area (Å²) in [6.45, 7) is 3.35. The predicted octanol–water partition coefficient (Wildman–Crippen LogP) is 2.10. The normalized spacial score (nSPS) is 10.4. The fourth-order valence-electron chi connectivity index (χ4n) is 1.75. The summed E-state index contributed by atoms with van der Waals surface area (Å²) in [5, 5.41) is 23.8. The number of aryl methyl sites for hydroxylation is 2. The molecule has 0 aliphatic carbocycles. The first-order chi connectivity index (χ1) is 8.90. The number of hydrogen-bond donors (Lipinski definition) is 1. The third-order valence-corrected chi connectivity index (χ3v) is 2.78. The van der Waals surface area contributed by atoms with Crippen molar-refractivity contribution in [1.82, 2.24) is 9.78 Å². The van der Waals surface area contributed by atoms with E-state index in [-0.39, 0.29) is 11.3 Å². The van der Waals surface area contributed by atoms with Crippen molar-refractivity contribution in [2.24, 2.45) is 0 Å². The maximum absolute atomic E-state index is 11.0. The topological polar surface area (TPSA) is 98.3 Å². The lowest BCUT2D eigenvalue weighted by Crippen LogP contribution is -2.00. The molecule has 0 radical (unpaired) electrons. The SMILES string of the molecule is Cc1ccc([N+](=O)[O-])cc1-n1cc(C(=O)O)c(C)n1. The molecule has 19 heavy (non-hydrogen) atoms. The van der Waals surface area contributed by atoms with E-state index in [1.165, 1.54) is 23.0 Å². The van der Waals surface area contributed by atoms with Gasteiger partial charge in [-0.3, -0.25) is 10.1 Å². The van der Waals surface area contributed by atoms with Gasteiger partial charge in [0, 0.05) is 18.3 Å². The third kappa shape index (κ3) is 2.30. The minimum Gasteiger partial charge on any atom is -0.478 e. The van der Waals surface area contributed by atoms with E-state index in [1.807, 2.05) is 0 Å². The molecule has 0 unspecified atom stereocenters. The fraction of sp³-hybridized carbons (Fsp3) is 0.167. The molecule has 0 saturated heterocycles. The van der Waals surface area contributed by atoms with Crippen molar-refractivity contribution in [2.75, 3.05) is 0 Å². The van der Waals surface area contributed by atoms with E-state index in [9.17, 15) is 14.9 Å². The molecule has 2 aromatic rings. The van der Waals surface area contributed by atoms with E-state index >= 15 is 0 Å². The molecule has 1 aromatic carbocycles. The van der Waals surface area contributed by atoms with Gasteiger partial charge in [0.1, 0.15) is 5.56 Å². The molecular formula is C12H11N3O4. The van der Waals surface area contributed by atoms with Gasteiger partial charge >= 0.3 is 5.97 Å². The van der Waals surface area contributed by atoms with E-state index in [2.05, 4.69) is 5.10 Å². The maximum Gasteiger partial charge on any atom is 0.339 e. The second-order valence-electron chi connectivity index (χ2n) is 4.11. The Bertz CT molecular complexity index is 676. The smallest absolute Gasteiger partial charge is 0.339 e. The van der Waals surface area contributed by atoms with E-state index in [0.29, 0.717) is 11.4 Å². The summed E-state index contributed by atoms with van der Waals surface area (Å²) in [4.78, 5) is 21.2. The number of non-ortho nitro benzene ring substituents is 1. The minimum atomic E-state index is -1.08. The van der Waals surface area contributed by atoms with Gasteiger partial charge < -0.3 is 5.11 Å². The van der Waals surface area contributed by atoms with Crippen LogP contribution in [-0.4, -0.2) is 25.8 Å². The molecular weight excluding hydrogens is 250 g/mol.